The summed E-state index contributed by atoms with van der Waals surface area (Å²) in [6, 6.07) is 7.26. The van der Waals surface area contributed by atoms with E-state index in [1.54, 1.807) is 19.9 Å². The maximum atomic E-state index is 12.4. The number of sulfonamides is 1. The molecule has 2 rings (SSSR count). The van der Waals surface area contributed by atoms with Crippen LogP contribution in [0.25, 0.3) is 0 Å². The summed E-state index contributed by atoms with van der Waals surface area (Å²) in [6.45, 7) is 4.34. The molecule has 2 aromatic rings. The number of aromatic hydroxyl groups is 2. The maximum Gasteiger partial charge on any atom is 0.244 e. The first-order valence-corrected chi connectivity index (χ1v) is 9.09. The monoisotopic (exact) mass is 364 g/mol. The van der Waals surface area contributed by atoms with Crippen molar-refractivity contribution in [3.8, 4) is 11.5 Å². The van der Waals surface area contributed by atoms with Gasteiger partial charge in [0, 0.05) is 19.3 Å². The van der Waals surface area contributed by atoms with E-state index >= 15 is 0 Å². The fourth-order valence-electron chi connectivity index (χ4n) is 2.11. The Labute approximate surface area is 146 Å². The van der Waals surface area contributed by atoms with E-state index in [4.69, 9.17) is 0 Å². The molecule has 9 heteroatoms. The zero-order valence-corrected chi connectivity index (χ0v) is 14.7. The topological polar surface area (TPSA) is 115 Å². The van der Waals surface area contributed by atoms with Gasteiger partial charge in [0.1, 0.15) is 10.7 Å². The highest BCUT2D eigenvalue weighted by Gasteiger charge is 2.21. The molecule has 0 aliphatic carbocycles. The fourth-order valence-corrected chi connectivity index (χ4v) is 3.51. The molecule has 0 saturated carbocycles. The van der Waals surface area contributed by atoms with Crippen molar-refractivity contribution in [2.45, 2.75) is 18.7 Å². The number of aromatic nitrogens is 1. The molecule has 0 fully saturated rings. The summed E-state index contributed by atoms with van der Waals surface area (Å²) in [5.74, 6) is -0.0810. The molecular formula is C16H20N4O4S. The molecule has 0 amide bonds. The number of hydrogen-bond donors (Lipinski definition) is 3. The minimum absolute atomic E-state index is 0.120. The number of hydrogen-bond acceptors (Lipinski definition) is 7. The zero-order chi connectivity index (χ0) is 18.4. The van der Waals surface area contributed by atoms with Crippen LogP contribution in [0.5, 0.6) is 11.5 Å². The standard InChI is InChI=1S/C16H20N4O4S/c1-3-20(4-2)25(23,24)13-6-8-16(17-11-13)19-18-10-12-5-7-14(21)15(22)9-12/h5-11,21-22H,3-4H2,1-2H3,(H,17,19). The molecule has 0 aliphatic rings. The minimum Gasteiger partial charge on any atom is -0.504 e. The van der Waals surface area contributed by atoms with Gasteiger partial charge in [-0.3, -0.25) is 5.43 Å². The van der Waals surface area contributed by atoms with Gasteiger partial charge >= 0.3 is 0 Å². The number of phenolic OH excluding ortho intramolecular Hbond substituents is 2. The molecule has 8 nitrogen and oxygen atoms in total. The van der Waals surface area contributed by atoms with Gasteiger partial charge in [0.15, 0.2) is 11.5 Å². The highest BCUT2D eigenvalue weighted by molar-refractivity contribution is 7.89. The number of nitrogens with zero attached hydrogens (tertiary/aromatic N) is 3. The van der Waals surface area contributed by atoms with Crippen LogP contribution in [0.2, 0.25) is 0 Å². The smallest absolute Gasteiger partial charge is 0.244 e. The van der Waals surface area contributed by atoms with Gasteiger partial charge in [0.2, 0.25) is 10.0 Å². The summed E-state index contributed by atoms with van der Waals surface area (Å²) in [6.07, 6.45) is 2.71. The van der Waals surface area contributed by atoms with Crippen molar-refractivity contribution in [2.24, 2.45) is 5.10 Å². The van der Waals surface area contributed by atoms with Crippen molar-refractivity contribution in [2.75, 3.05) is 18.5 Å². The fraction of sp³-hybridized carbons (Fsp3) is 0.250. The molecule has 0 spiro atoms. The van der Waals surface area contributed by atoms with E-state index < -0.39 is 10.0 Å². The Bertz CT molecular complexity index is 847. The van der Waals surface area contributed by atoms with Crippen LogP contribution in [-0.2, 0) is 10.0 Å². The summed E-state index contributed by atoms with van der Waals surface area (Å²) in [7, 11) is -3.54. The molecule has 0 aliphatic heterocycles. The molecule has 0 saturated heterocycles. The maximum absolute atomic E-state index is 12.4. The first-order chi connectivity index (χ1) is 11.9. The highest BCUT2D eigenvalue weighted by atomic mass is 32.2. The van der Waals surface area contributed by atoms with E-state index in [0.717, 1.165) is 0 Å². The van der Waals surface area contributed by atoms with Crippen molar-refractivity contribution in [1.82, 2.24) is 9.29 Å². The number of phenols is 2. The second kappa shape index (κ2) is 7.95. The third-order valence-corrected chi connectivity index (χ3v) is 5.51. The van der Waals surface area contributed by atoms with Crippen molar-refractivity contribution in [3.05, 3.63) is 42.1 Å². The molecule has 0 unspecified atom stereocenters. The van der Waals surface area contributed by atoms with Crippen LogP contribution in [0.15, 0.2) is 46.5 Å². The third-order valence-electron chi connectivity index (χ3n) is 3.47. The van der Waals surface area contributed by atoms with Crippen LogP contribution in [0.3, 0.4) is 0 Å². The lowest BCUT2D eigenvalue weighted by molar-refractivity contribution is 0.403. The molecular weight excluding hydrogens is 344 g/mol. The Balaban J connectivity index is 2.07. The van der Waals surface area contributed by atoms with E-state index in [2.05, 4.69) is 15.5 Å². The molecule has 0 bridgehead atoms. The Morgan fingerprint density at radius 1 is 1.16 bits per heavy atom. The predicted molar refractivity (Wildman–Crippen MR) is 95.3 cm³/mol. The highest BCUT2D eigenvalue weighted by Crippen LogP contribution is 2.24. The number of nitrogens with one attached hydrogen (secondary N) is 1. The average Bonchev–Trinajstić information content (AvgIpc) is 2.59. The predicted octanol–water partition coefficient (Wildman–Crippen LogP) is 1.97. The van der Waals surface area contributed by atoms with Crippen LogP contribution in [0.1, 0.15) is 19.4 Å². The quantitative estimate of drug-likeness (QED) is 0.393. The van der Waals surface area contributed by atoms with Crippen LogP contribution in [0.4, 0.5) is 5.82 Å². The molecule has 0 atom stereocenters. The van der Waals surface area contributed by atoms with Gasteiger partial charge in [-0.1, -0.05) is 13.8 Å². The van der Waals surface area contributed by atoms with Crippen LogP contribution >= 0.6 is 0 Å². The van der Waals surface area contributed by atoms with E-state index in [9.17, 15) is 18.6 Å². The summed E-state index contributed by atoms with van der Waals surface area (Å²) in [5.41, 5.74) is 3.24. The summed E-state index contributed by atoms with van der Waals surface area (Å²) in [5, 5.41) is 22.6. The number of pyridine rings is 1. The minimum atomic E-state index is -3.54. The van der Waals surface area contributed by atoms with Crippen LogP contribution in [0, 0.1) is 0 Å². The van der Waals surface area contributed by atoms with Gasteiger partial charge in [-0.25, -0.2) is 13.4 Å². The first-order valence-electron chi connectivity index (χ1n) is 7.65. The average molecular weight is 364 g/mol. The Hall–Kier alpha value is -2.65. The van der Waals surface area contributed by atoms with E-state index in [-0.39, 0.29) is 16.4 Å². The second-order valence-corrected chi connectivity index (χ2v) is 7.02. The van der Waals surface area contributed by atoms with Gasteiger partial charge in [0.05, 0.1) is 6.21 Å². The second-order valence-electron chi connectivity index (χ2n) is 5.09. The molecule has 3 N–H and O–H groups in total. The SMILES string of the molecule is CCN(CC)S(=O)(=O)c1ccc(NN=Cc2ccc(O)c(O)c2)nc1. The number of rotatable bonds is 7. The molecule has 1 aromatic carbocycles. The first kappa shape index (κ1) is 18.7. The molecule has 134 valence electrons. The number of anilines is 1. The molecule has 1 aromatic heterocycles. The van der Waals surface area contributed by atoms with Gasteiger partial charge < -0.3 is 10.2 Å². The van der Waals surface area contributed by atoms with E-state index in [1.165, 1.54) is 41.0 Å². The van der Waals surface area contributed by atoms with Gasteiger partial charge in [0.25, 0.3) is 0 Å². The number of benzene rings is 1. The zero-order valence-electron chi connectivity index (χ0n) is 13.9. The number of hydrazone groups is 1. The van der Waals surface area contributed by atoms with Crippen LogP contribution < -0.4 is 5.43 Å². The van der Waals surface area contributed by atoms with Crippen molar-refractivity contribution >= 4 is 22.1 Å². The largest absolute Gasteiger partial charge is 0.504 e. The van der Waals surface area contributed by atoms with Crippen LogP contribution in [-0.4, -0.2) is 47.2 Å². The Kier molecular flexibility index (Phi) is 5.94. The third kappa shape index (κ3) is 4.46. The molecule has 0 radical (unpaired) electrons. The summed E-state index contributed by atoms with van der Waals surface area (Å²) in [4.78, 5) is 4.16. The van der Waals surface area contributed by atoms with E-state index in [1.807, 2.05) is 0 Å². The van der Waals surface area contributed by atoms with Crippen molar-refractivity contribution in [1.29, 1.82) is 0 Å². The lowest BCUT2D eigenvalue weighted by atomic mass is 10.2. The normalized spacial score (nSPS) is 12.0. The van der Waals surface area contributed by atoms with Crippen molar-refractivity contribution < 1.29 is 18.6 Å². The van der Waals surface area contributed by atoms with Gasteiger partial charge in [-0.15, -0.1) is 0 Å². The van der Waals surface area contributed by atoms with Gasteiger partial charge in [-0.2, -0.15) is 9.41 Å². The van der Waals surface area contributed by atoms with E-state index in [0.29, 0.717) is 24.5 Å². The Morgan fingerprint density at radius 2 is 1.88 bits per heavy atom. The summed E-state index contributed by atoms with van der Waals surface area (Å²) >= 11 is 0. The van der Waals surface area contributed by atoms with Gasteiger partial charge in [-0.05, 0) is 35.9 Å². The summed E-state index contributed by atoms with van der Waals surface area (Å²) < 4.78 is 26.1. The lowest BCUT2D eigenvalue weighted by Gasteiger charge is -2.18. The molecule has 25 heavy (non-hydrogen) atoms. The lowest BCUT2D eigenvalue weighted by Crippen LogP contribution is -2.30. The Morgan fingerprint density at radius 3 is 2.44 bits per heavy atom. The molecule has 1 heterocycles. The van der Waals surface area contributed by atoms with Crippen molar-refractivity contribution in [3.63, 3.8) is 0 Å².